The summed E-state index contributed by atoms with van der Waals surface area (Å²) in [6.07, 6.45) is 3.00. The number of pyridine rings is 2. The van der Waals surface area contributed by atoms with Gasteiger partial charge < -0.3 is 16.2 Å². The molecule has 0 spiro atoms. The molecular weight excluding hydrogens is 417 g/mol. The van der Waals surface area contributed by atoms with Crippen LogP contribution in [0.3, 0.4) is 0 Å². The van der Waals surface area contributed by atoms with E-state index in [-0.39, 0.29) is 23.1 Å². The van der Waals surface area contributed by atoms with Crippen LogP contribution < -0.4 is 16.6 Å². The quantitative estimate of drug-likeness (QED) is 0.573. The lowest BCUT2D eigenvalue weighted by molar-refractivity contribution is 0.0694. The highest BCUT2D eigenvalue weighted by Gasteiger charge is 2.35. The van der Waals surface area contributed by atoms with Gasteiger partial charge in [0.2, 0.25) is 0 Å². The van der Waals surface area contributed by atoms with E-state index in [9.17, 15) is 14.7 Å². The van der Waals surface area contributed by atoms with Gasteiger partial charge in [-0.25, -0.2) is 9.18 Å². The number of nitrogens with one attached hydrogen (secondary N) is 1. The minimum absolute atomic E-state index is 0.167. The number of carboxylic acids is 1. The summed E-state index contributed by atoms with van der Waals surface area (Å²) in [7, 11) is 0. The minimum Gasteiger partial charge on any atom is -0.477 e. The highest BCUT2D eigenvalue weighted by atomic mass is 32.1. The molecule has 5 rings (SSSR count). The first-order valence-corrected chi connectivity index (χ1v) is 11.2. The van der Waals surface area contributed by atoms with E-state index in [0.29, 0.717) is 23.2 Å². The van der Waals surface area contributed by atoms with E-state index in [1.54, 1.807) is 0 Å². The Morgan fingerprint density at radius 3 is 2.65 bits per heavy atom. The van der Waals surface area contributed by atoms with Gasteiger partial charge in [-0.15, -0.1) is 11.3 Å². The third-order valence-corrected chi connectivity index (χ3v) is 7.95. The Kier molecular flexibility index (Phi) is 4.41. The molecule has 1 aliphatic carbocycles. The number of fused-ring (bicyclic) bond motifs is 2. The van der Waals surface area contributed by atoms with Crippen LogP contribution in [0.4, 0.5) is 4.39 Å². The number of aryl methyl sites for hydroxylation is 1. The lowest BCUT2D eigenvalue weighted by atomic mass is 9.90. The molecule has 0 amide bonds. The van der Waals surface area contributed by atoms with Gasteiger partial charge >= 0.3 is 5.97 Å². The number of hydrogen-bond acceptors (Lipinski definition) is 5. The van der Waals surface area contributed by atoms with Crippen LogP contribution in [0, 0.1) is 12.7 Å². The number of thiophene rings is 1. The maximum atomic E-state index is 15.4. The van der Waals surface area contributed by atoms with Crippen LogP contribution in [0.1, 0.15) is 70.6 Å². The van der Waals surface area contributed by atoms with Crippen molar-refractivity contribution in [1.29, 1.82) is 0 Å². The van der Waals surface area contributed by atoms with Gasteiger partial charge in [-0.1, -0.05) is 0 Å². The van der Waals surface area contributed by atoms with Gasteiger partial charge in [0.1, 0.15) is 11.4 Å². The first kappa shape index (κ1) is 20.4. The zero-order valence-electron chi connectivity index (χ0n) is 17.6. The Hall–Kier alpha value is -2.55. The van der Waals surface area contributed by atoms with Gasteiger partial charge in [-0.3, -0.25) is 9.20 Å². The number of nitrogens with zero attached hydrogens (tertiary/aromatic N) is 1. The molecule has 6 nitrogen and oxygen atoms in total. The maximum Gasteiger partial charge on any atom is 0.341 e. The Morgan fingerprint density at radius 1 is 1.32 bits per heavy atom. The van der Waals surface area contributed by atoms with Crippen LogP contribution in [0.5, 0.6) is 0 Å². The van der Waals surface area contributed by atoms with E-state index in [1.165, 1.54) is 21.8 Å². The third-order valence-electron chi connectivity index (χ3n) is 6.46. The lowest BCUT2D eigenvalue weighted by Crippen LogP contribution is -2.45. The predicted molar refractivity (Wildman–Crippen MR) is 119 cm³/mol. The number of rotatable bonds is 3. The molecule has 4 heterocycles. The van der Waals surface area contributed by atoms with Gasteiger partial charge in [0.05, 0.1) is 5.52 Å². The first-order chi connectivity index (χ1) is 14.6. The number of carboxylic acid groups (broad SMARTS) is 1. The molecule has 0 aromatic carbocycles. The molecular formula is C23H24FN3O3S. The summed E-state index contributed by atoms with van der Waals surface area (Å²) >= 11 is 1.51. The van der Waals surface area contributed by atoms with Crippen molar-refractivity contribution in [2.24, 2.45) is 5.73 Å². The number of hydrogen-bond donors (Lipinski definition) is 3. The number of carbonyl (C=O) groups is 1. The highest BCUT2D eigenvalue weighted by Crippen LogP contribution is 2.46. The molecule has 2 aliphatic rings. The summed E-state index contributed by atoms with van der Waals surface area (Å²) in [6, 6.07) is 3.28. The molecule has 4 N–H and O–H groups in total. The monoisotopic (exact) mass is 441 g/mol. The molecule has 1 aliphatic heterocycles. The Labute approximate surface area is 182 Å². The van der Waals surface area contributed by atoms with Gasteiger partial charge in [0, 0.05) is 39.6 Å². The van der Waals surface area contributed by atoms with Gasteiger partial charge in [0.25, 0.3) is 5.56 Å². The molecule has 3 aromatic rings. The number of halogens is 1. The second-order valence-corrected chi connectivity index (χ2v) is 10.2. The van der Waals surface area contributed by atoms with Crippen LogP contribution in [-0.2, 0) is 5.54 Å². The number of aromatic carboxylic acids is 1. The fraction of sp³-hybridized carbons (Fsp3) is 0.391. The van der Waals surface area contributed by atoms with E-state index >= 15 is 4.39 Å². The zero-order chi connectivity index (χ0) is 22.2. The van der Waals surface area contributed by atoms with E-state index in [0.717, 1.165) is 39.9 Å². The van der Waals surface area contributed by atoms with E-state index < -0.39 is 17.3 Å². The second kappa shape index (κ2) is 6.72. The van der Waals surface area contributed by atoms with Crippen molar-refractivity contribution in [3.8, 4) is 10.4 Å². The zero-order valence-corrected chi connectivity index (χ0v) is 18.4. The highest BCUT2D eigenvalue weighted by molar-refractivity contribution is 7.15. The van der Waals surface area contributed by atoms with Crippen molar-refractivity contribution in [3.05, 3.63) is 61.6 Å². The van der Waals surface area contributed by atoms with Crippen LogP contribution in [0.15, 0.2) is 23.1 Å². The number of nitrogens with two attached hydrogens (primary N) is 1. The largest absolute Gasteiger partial charge is 0.477 e. The Bertz CT molecular complexity index is 1320. The van der Waals surface area contributed by atoms with Crippen molar-refractivity contribution >= 4 is 22.8 Å². The molecule has 1 fully saturated rings. The second-order valence-electron chi connectivity index (χ2n) is 9.10. The molecule has 0 bridgehead atoms. The molecule has 1 saturated carbocycles. The predicted octanol–water partition coefficient (Wildman–Crippen LogP) is 3.89. The molecule has 162 valence electrons. The average Bonchev–Trinajstić information content (AvgIpc) is 3.43. The normalized spacial score (nSPS) is 20.1. The minimum atomic E-state index is -1.29. The van der Waals surface area contributed by atoms with Gasteiger partial charge in [0.15, 0.2) is 0 Å². The van der Waals surface area contributed by atoms with Crippen molar-refractivity contribution in [2.75, 3.05) is 6.54 Å². The fourth-order valence-corrected chi connectivity index (χ4v) is 6.07. The standard InChI is InChI=1S/C23H24FN3O3S/c1-10-18(17-7-13-16(25)8-26-23(2,3)20(13)31-17)15(24)9-27-19(10)12(11-4-5-11)6-14(21(27)28)22(29)30/h6-7,9,11,16,26H,4-5,8,25H2,1-3H3,(H,29,30). The first-order valence-electron chi connectivity index (χ1n) is 10.4. The molecule has 1 atom stereocenters. The van der Waals surface area contributed by atoms with Crippen LogP contribution in [-0.4, -0.2) is 22.0 Å². The number of aromatic nitrogens is 1. The smallest absolute Gasteiger partial charge is 0.341 e. The van der Waals surface area contributed by atoms with Crippen LogP contribution in [0.2, 0.25) is 0 Å². The van der Waals surface area contributed by atoms with E-state index in [4.69, 9.17) is 5.73 Å². The van der Waals surface area contributed by atoms with Crippen molar-refractivity contribution < 1.29 is 14.3 Å². The van der Waals surface area contributed by atoms with Crippen LogP contribution >= 0.6 is 11.3 Å². The summed E-state index contributed by atoms with van der Waals surface area (Å²) < 4.78 is 16.6. The fourth-order valence-electron chi connectivity index (χ4n) is 4.66. The molecule has 8 heteroatoms. The van der Waals surface area contributed by atoms with Crippen LogP contribution in [0.25, 0.3) is 16.0 Å². The van der Waals surface area contributed by atoms with Crippen molar-refractivity contribution in [2.45, 2.75) is 51.1 Å². The third kappa shape index (κ3) is 3.04. The summed E-state index contributed by atoms with van der Waals surface area (Å²) in [5.41, 5.74) is 8.55. The topological polar surface area (TPSA) is 96.8 Å². The SMILES string of the molecule is Cc1c(-c2cc3c(s2)C(C)(C)NCC3N)c(F)cn2c(=O)c(C(=O)O)cc(C3CC3)c12. The van der Waals surface area contributed by atoms with E-state index in [2.05, 4.69) is 19.2 Å². The Balaban J connectivity index is 1.81. The summed E-state index contributed by atoms with van der Waals surface area (Å²) in [4.78, 5) is 26.3. The molecule has 0 radical (unpaired) electrons. The van der Waals surface area contributed by atoms with Gasteiger partial charge in [-0.2, -0.15) is 0 Å². The molecule has 1 unspecified atom stereocenters. The molecule has 3 aromatic heterocycles. The molecule has 31 heavy (non-hydrogen) atoms. The average molecular weight is 442 g/mol. The van der Waals surface area contributed by atoms with Crippen molar-refractivity contribution in [3.63, 3.8) is 0 Å². The van der Waals surface area contributed by atoms with Gasteiger partial charge in [-0.05, 0) is 68.4 Å². The molecule has 0 saturated heterocycles. The van der Waals surface area contributed by atoms with E-state index in [1.807, 2.05) is 13.0 Å². The van der Waals surface area contributed by atoms with Crippen molar-refractivity contribution in [1.82, 2.24) is 9.72 Å². The summed E-state index contributed by atoms with van der Waals surface area (Å²) in [6.45, 7) is 6.62. The summed E-state index contributed by atoms with van der Waals surface area (Å²) in [5.74, 6) is -1.65. The Morgan fingerprint density at radius 2 is 2.03 bits per heavy atom. The summed E-state index contributed by atoms with van der Waals surface area (Å²) in [5, 5.41) is 12.9. The maximum absolute atomic E-state index is 15.4. The lowest BCUT2D eigenvalue weighted by Gasteiger charge is -2.34.